The van der Waals surface area contributed by atoms with E-state index in [1.807, 2.05) is 35.7 Å². The van der Waals surface area contributed by atoms with E-state index in [0.29, 0.717) is 11.3 Å². The van der Waals surface area contributed by atoms with Gasteiger partial charge in [0.2, 0.25) is 10.0 Å². The third kappa shape index (κ3) is 6.81. The van der Waals surface area contributed by atoms with Crippen LogP contribution in [0.25, 0.3) is 11.3 Å². The van der Waals surface area contributed by atoms with Crippen LogP contribution in [-0.4, -0.2) is 37.4 Å². The molecule has 3 N–H and O–H groups in total. The minimum atomic E-state index is -4.20. The van der Waals surface area contributed by atoms with Gasteiger partial charge in [-0.15, -0.1) is 4.49 Å². The summed E-state index contributed by atoms with van der Waals surface area (Å²) in [7, 11) is -8.24. The molecule has 0 bridgehead atoms. The Balaban J connectivity index is 1.77. The zero-order chi connectivity index (χ0) is 25.6. The summed E-state index contributed by atoms with van der Waals surface area (Å²) in [5.41, 5.74) is 8.89. The maximum Gasteiger partial charge on any atom is 0.419 e. The average Bonchev–Trinajstić information content (AvgIpc) is 2.80. The first-order chi connectivity index (χ1) is 16.6. The minimum absolute atomic E-state index is 0.00200. The van der Waals surface area contributed by atoms with E-state index < -0.39 is 17.8 Å². The van der Waals surface area contributed by atoms with Crippen LogP contribution in [0.2, 0.25) is 0 Å². The van der Waals surface area contributed by atoms with Crippen molar-refractivity contribution in [1.29, 1.82) is 0 Å². The monoisotopic (exact) mass is 518 g/mol. The third-order valence-corrected chi connectivity index (χ3v) is 8.79. The summed E-state index contributed by atoms with van der Waals surface area (Å²) >= 11 is 0. The van der Waals surface area contributed by atoms with Crippen molar-refractivity contribution in [2.75, 3.05) is 18.9 Å². The van der Waals surface area contributed by atoms with Crippen molar-refractivity contribution in [1.82, 2.24) is 14.5 Å². The molecule has 0 saturated heterocycles. The molecule has 12 heteroatoms. The number of carbonyl (C=O) groups is 1. The number of nitrogens with two attached hydrogens (primary N) is 1. The van der Waals surface area contributed by atoms with Crippen LogP contribution >= 0.6 is 7.75 Å². The fourth-order valence-corrected chi connectivity index (χ4v) is 6.42. The van der Waals surface area contributed by atoms with Gasteiger partial charge in [-0.3, -0.25) is 13.8 Å². The average molecular weight is 519 g/mol. The summed E-state index contributed by atoms with van der Waals surface area (Å²) in [4.78, 5) is 21.3. The maximum atomic E-state index is 12.9. The number of nitrogens with zero attached hydrogens (tertiary/aromatic N) is 2. The summed E-state index contributed by atoms with van der Waals surface area (Å²) in [6.45, 7) is 5.10. The Morgan fingerprint density at radius 1 is 1.03 bits per heavy atom. The molecule has 0 fully saturated rings. The standard InChI is InChI=1S/C23H27N4O6PS/c1-4-32-34(29,33-5-2)27-35(30,31)19-12-8-17(9-13-19)14-21(28)22-23(24)25-15-20(26-22)18-10-6-16(3)7-11-18/h6-13,15H,4-5,14H2,1-3H3,(H2,24,25)(H,27,29). The van der Waals surface area contributed by atoms with E-state index in [0.717, 1.165) is 11.1 Å². The Morgan fingerprint density at radius 3 is 2.20 bits per heavy atom. The lowest BCUT2D eigenvalue weighted by Gasteiger charge is -2.17. The third-order valence-electron chi connectivity index (χ3n) is 4.84. The largest absolute Gasteiger partial charge is 0.419 e. The van der Waals surface area contributed by atoms with Crippen LogP contribution in [0.3, 0.4) is 0 Å². The molecule has 0 amide bonds. The first-order valence-corrected chi connectivity index (χ1v) is 13.8. The molecular weight excluding hydrogens is 491 g/mol. The predicted molar refractivity (Wildman–Crippen MR) is 132 cm³/mol. The van der Waals surface area contributed by atoms with Gasteiger partial charge < -0.3 is 5.73 Å². The highest BCUT2D eigenvalue weighted by atomic mass is 32.2. The molecule has 35 heavy (non-hydrogen) atoms. The van der Waals surface area contributed by atoms with E-state index in [9.17, 15) is 17.8 Å². The van der Waals surface area contributed by atoms with Gasteiger partial charge in [0, 0.05) is 12.0 Å². The number of nitrogen functional groups attached to an aromatic ring is 1. The lowest BCUT2D eigenvalue weighted by atomic mass is 10.1. The summed E-state index contributed by atoms with van der Waals surface area (Å²) in [5, 5.41) is 0. The zero-order valence-corrected chi connectivity index (χ0v) is 21.3. The van der Waals surface area contributed by atoms with Crippen molar-refractivity contribution in [3.63, 3.8) is 0 Å². The number of sulfonamides is 1. The second kappa shape index (κ2) is 11.2. The molecule has 0 aliphatic rings. The number of ketones is 1. The Morgan fingerprint density at radius 2 is 1.63 bits per heavy atom. The molecule has 0 spiro atoms. The number of aromatic nitrogens is 2. The van der Waals surface area contributed by atoms with Crippen LogP contribution in [0, 0.1) is 6.92 Å². The first kappa shape index (κ1) is 26.7. The van der Waals surface area contributed by atoms with Crippen molar-refractivity contribution < 1.29 is 26.8 Å². The number of carbonyl (C=O) groups excluding carboxylic acids is 1. The van der Waals surface area contributed by atoms with Gasteiger partial charge in [-0.1, -0.05) is 42.0 Å². The molecular formula is C23H27N4O6PS. The Labute approximate surface area is 204 Å². The lowest BCUT2D eigenvalue weighted by molar-refractivity contribution is 0.0989. The highest BCUT2D eigenvalue weighted by Crippen LogP contribution is 2.45. The second-order valence-corrected chi connectivity index (χ2v) is 11.2. The molecule has 3 rings (SSSR count). The van der Waals surface area contributed by atoms with E-state index in [4.69, 9.17) is 14.8 Å². The number of hydrogen-bond acceptors (Lipinski definition) is 9. The van der Waals surface area contributed by atoms with Gasteiger partial charge in [0.15, 0.2) is 11.6 Å². The predicted octanol–water partition coefficient (Wildman–Crippen LogP) is 3.92. The Bertz CT molecular complexity index is 1340. The minimum Gasteiger partial charge on any atom is -0.382 e. The van der Waals surface area contributed by atoms with Crippen molar-refractivity contribution in [2.45, 2.75) is 32.1 Å². The van der Waals surface area contributed by atoms with Crippen LogP contribution in [0.4, 0.5) is 5.82 Å². The number of Topliss-reactive ketones (excluding diaryl/α,β-unsaturated/α-hetero) is 1. The fraction of sp³-hybridized carbons (Fsp3) is 0.261. The van der Waals surface area contributed by atoms with E-state index >= 15 is 0 Å². The topological polar surface area (TPSA) is 151 Å². The van der Waals surface area contributed by atoms with Crippen molar-refractivity contribution >= 4 is 29.4 Å². The highest BCUT2D eigenvalue weighted by molar-refractivity contribution is 7.94. The Kier molecular flexibility index (Phi) is 8.52. The maximum absolute atomic E-state index is 12.9. The van der Waals surface area contributed by atoms with Crippen molar-refractivity contribution in [2.24, 2.45) is 0 Å². The molecule has 186 valence electrons. The fourth-order valence-electron chi connectivity index (χ4n) is 3.15. The Hall–Kier alpha value is -2.95. The van der Waals surface area contributed by atoms with Gasteiger partial charge in [-0.2, -0.15) is 0 Å². The van der Waals surface area contributed by atoms with Gasteiger partial charge in [-0.25, -0.2) is 23.0 Å². The number of hydrogen-bond donors (Lipinski definition) is 2. The van der Waals surface area contributed by atoms with Crippen LogP contribution in [0.1, 0.15) is 35.5 Å². The molecule has 0 aliphatic heterocycles. The lowest BCUT2D eigenvalue weighted by Crippen LogP contribution is -2.23. The molecule has 3 aromatic rings. The summed E-state index contributed by atoms with van der Waals surface area (Å²) in [6, 6.07) is 13.2. The van der Waals surface area contributed by atoms with Crippen LogP contribution < -0.4 is 10.2 Å². The molecule has 2 aromatic carbocycles. The number of anilines is 1. The highest BCUT2D eigenvalue weighted by Gasteiger charge is 2.31. The number of rotatable bonds is 11. The van der Waals surface area contributed by atoms with Gasteiger partial charge in [0.25, 0.3) is 0 Å². The summed E-state index contributed by atoms with van der Waals surface area (Å²) < 4.78 is 49.8. The van der Waals surface area contributed by atoms with Gasteiger partial charge in [0.1, 0.15) is 5.69 Å². The van der Waals surface area contributed by atoms with Crippen molar-refractivity contribution in [3.05, 3.63) is 71.5 Å². The number of benzene rings is 2. The molecule has 0 unspecified atom stereocenters. The summed E-state index contributed by atoms with van der Waals surface area (Å²) in [5.74, 6) is -0.355. The SMILES string of the molecule is CCOP(=O)(NS(=O)(=O)c1ccc(CC(=O)c2nc(-c3ccc(C)cc3)cnc2N)cc1)OCC. The second-order valence-electron chi connectivity index (χ2n) is 7.53. The zero-order valence-electron chi connectivity index (χ0n) is 19.6. The van der Waals surface area contributed by atoms with Crippen LogP contribution in [0.15, 0.2) is 59.6 Å². The molecule has 10 nitrogen and oxygen atoms in total. The number of aryl methyl sites for hydroxylation is 1. The number of nitrogens with one attached hydrogen (secondary N) is 1. The van der Waals surface area contributed by atoms with E-state index in [1.165, 1.54) is 30.5 Å². The molecule has 0 aliphatic carbocycles. The molecule has 0 atom stereocenters. The van der Waals surface area contributed by atoms with E-state index in [2.05, 4.69) is 9.97 Å². The quantitative estimate of drug-likeness (QED) is 0.284. The normalized spacial score (nSPS) is 12.0. The molecule has 0 saturated carbocycles. The van der Waals surface area contributed by atoms with Crippen LogP contribution in [0.5, 0.6) is 0 Å². The molecule has 0 radical (unpaired) electrons. The smallest absolute Gasteiger partial charge is 0.382 e. The van der Waals surface area contributed by atoms with Gasteiger partial charge in [-0.05, 0) is 38.5 Å². The molecule has 1 heterocycles. The van der Waals surface area contributed by atoms with Gasteiger partial charge in [0.05, 0.1) is 30.0 Å². The molecule has 1 aromatic heterocycles. The van der Waals surface area contributed by atoms with E-state index in [1.54, 1.807) is 13.8 Å². The first-order valence-electron chi connectivity index (χ1n) is 10.8. The summed E-state index contributed by atoms with van der Waals surface area (Å²) in [6.07, 6.45) is 1.44. The van der Waals surface area contributed by atoms with Gasteiger partial charge >= 0.3 is 7.75 Å². The van der Waals surface area contributed by atoms with Crippen LogP contribution in [-0.2, 0) is 30.1 Å². The van der Waals surface area contributed by atoms with Crippen molar-refractivity contribution in [3.8, 4) is 11.3 Å². The van der Waals surface area contributed by atoms with E-state index in [-0.39, 0.29) is 41.8 Å².